The first-order valence-electron chi connectivity index (χ1n) is 8.38. The third-order valence-electron chi connectivity index (χ3n) is 4.35. The van der Waals surface area contributed by atoms with Gasteiger partial charge in [-0.2, -0.15) is 0 Å². The van der Waals surface area contributed by atoms with E-state index in [1.54, 1.807) is 0 Å². The van der Waals surface area contributed by atoms with Crippen LogP contribution in [0.2, 0.25) is 0 Å². The van der Waals surface area contributed by atoms with E-state index in [1.165, 1.54) is 0 Å². The van der Waals surface area contributed by atoms with Crippen molar-refractivity contribution in [2.45, 2.75) is 51.3 Å². The van der Waals surface area contributed by atoms with Crippen molar-refractivity contribution in [1.82, 2.24) is 0 Å². The van der Waals surface area contributed by atoms with E-state index in [-0.39, 0.29) is 5.92 Å². The summed E-state index contributed by atoms with van der Waals surface area (Å²) in [7, 11) is 0. The summed E-state index contributed by atoms with van der Waals surface area (Å²) < 4.78 is 67.6. The summed E-state index contributed by atoms with van der Waals surface area (Å²) >= 11 is 0. The summed E-state index contributed by atoms with van der Waals surface area (Å²) in [5.41, 5.74) is 0.387. The zero-order valence-corrected chi connectivity index (χ0v) is 14.0. The summed E-state index contributed by atoms with van der Waals surface area (Å²) in [5, 5.41) is 0. The van der Waals surface area contributed by atoms with Crippen LogP contribution in [0, 0.1) is 17.6 Å². The van der Waals surface area contributed by atoms with E-state index in [0.29, 0.717) is 11.5 Å². The molecule has 1 aliphatic rings. The minimum Gasteiger partial charge on any atom is -0.399 e. The summed E-state index contributed by atoms with van der Waals surface area (Å²) in [4.78, 5) is 0. The fraction of sp³-hybridized carbons (Fsp3) is 0.474. The van der Waals surface area contributed by atoms with Crippen LogP contribution in [0.3, 0.4) is 0 Å². The highest BCUT2D eigenvalue weighted by molar-refractivity contribution is 5.33. The van der Waals surface area contributed by atoms with E-state index in [0.717, 1.165) is 44.2 Å². The predicted octanol–water partition coefficient (Wildman–Crippen LogP) is 6.66. The molecule has 1 aromatic rings. The van der Waals surface area contributed by atoms with Crippen LogP contribution in [0.15, 0.2) is 36.4 Å². The van der Waals surface area contributed by atoms with E-state index in [1.807, 2.05) is 12.2 Å². The first-order chi connectivity index (χ1) is 11.8. The van der Waals surface area contributed by atoms with Gasteiger partial charge >= 0.3 is 6.36 Å². The lowest BCUT2D eigenvalue weighted by molar-refractivity contribution is -0.276. The van der Waals surface area contributed by atoms with Gasteiger partial charge in [-0.05, 0) is 61.6 Å². The summed E-state index contributed by atoms with van der Waals surface area (Å²) in [6, 6.07) is 1.91. The van der Waals surface area contributed by atoms with Gasteiger partial charge in [0.25, 0.3) is 0 Å². The normalized spacial score (nSPS) is 22.0. The molecule has 0 aliphatic heterocycles. The average Bonchev–Trinajstić information content (AvgIpc) is 2.54. The molecule has 0 bridgehead atoms. The molecule has 0 atom stereocenters. The lowest BCUT2D eigenvalue weighted by atomic mass is 9.78. The molecule has 138 valence electrons. The first kappa shape index (κ1) is 19.5. The molecule has 25 heavy (non-hydrogen) atoms. The Balaban J connectivity index is 2.02. The molecule has 0 amide bonds. The number of ether oxygens (including phenoxy) is 1. The third-order valence-corrected chi connectivity index (χ3v) is 4.35. The van der Waals surface area contributed by atoms with Gasteiger partial charge in [0.15, 0.2) is 11.6 Å². The van der Waals surface area contributed by atoms with Gasteiger partial charge in [0.2, 0.25) is 5.75 Å². The Labute approximate surface area is 144 Å². The molecule has 1 aromatic carbocycles. The molecular formula is C19H21F5O. The molecule has 0 unspecified atom stereocenters. The molecule has 0 saturated heterocycles. The first-order valence-corrected chi connectivity index (χ1v) is 8.38. The third kappa shape index (κ3) is 5.87. The molecule has 0 heterocycles. The number of halogens is 5. The van der Waals surface area contributed by atoms with Gasteiger partial charge in [0.05, 0.1) is 0 Å². The van der Waals surface area contributed by atoms with Gasteiger partial charge in [-0.25, -0.2) is 8.78 Å². The maximum atomic E-state index is 13.8. The lowest BCUT2D eigenvalue weighted by Gasteiger charge is -2.27. The fourth-order valence-corrected chi connectivity index (χ4v) is 3.11. The monoisotopic (exact) mass is 360 g/mol. The number of benzene rings is 1. The van der Waals surface area contributed by atoms with Crippen LogP contribution in [0.25, 0.3) is 0 Å². The molecular weight excluding hydrogens is 339 g/mol. The van der Waals surface area contributed by atoms with Gasteiger partial charge in [0.1, 0.15) is 0 Å². The minimum atomic E-state index is -5.13. The molecule has 0 N–H and O–H groups in total. The maximum absolute atomic E-state index is 13.8. The molecule has 6 heteroatoms. The van der Waals surface area contributed by atoms with Gasteiger partial charge in [-0.1, -0.05) is 31.2 Å². The van der Waals surface area contributed by atoms with E-state index in [9.17, 15) is 22.0 Å². The SMILES string of the molecule is CC/C=C/C=C/C1CCC(c2cc(F)c(OC(F)(F)F)c(F)c2)CC1. The van der Waals surface area contributed by atoms with Gasteiger partial charge < -0.3 is 4.74 Å². The standard InChI is InChI=1S/C19H21F5O/c1-2-3-4-5-6-13-7-9-14(10-8-13)15-11-16(20)18(17(21)12-15)25-19(22,23)24/h3-6,11-14H,2,7-10H2,1H3/b4-3+,6-5+. The van der Waals surface area contributed by atoms with E-state index in [4.69, 9.17) is 0 Å². The molecule has 1 saturated carbocycles. The molecule has 1 nitrogen and oxygen atoms in total. The van der Waals surface area contributed by atoms with Crippen molar-refractivity contribution < 1.29 is 26.7 Å². The van der Waals surface area contributed by atoms with Gasteiger partial charge in [-0.3, -0.25) is 0 Å². The molecule has 1 fully saturated rings. The van der Waals surface area contributed by atoms with Crippen molar-refractivity contribution in [3.05, 3.63) is 53.6 Å². The Morgan fingerprint density at radius 2 is 1.64 bits per heavy atom. The van der Waals surface area contributed by atoms with Crippen molar-refractivity contribution in [2.24, 2.45) is 5.92 Å². The Hall–Kier alpha value is -1.85. The van der Waals surface area contributed by atoms with Crippen LogP contribution in [-0.4, -0.2) is 6.36 Å². The fourth-order valence-electron chi connectivity index (χ4n) is 3.11. The Morgan fingerprint density at radius 1 is 1.04 bits per heavy atom. The quantitative estimate of drug-likeness (QED) is 0.421. The smallest absolute Gasteiger partial charge is 0.399 e. The number of rotatable bonds is 5. The zero-order valence-electron chi connectivity index (χ0n) is 14.0. The molecule has 0 aromatic heterocycles. The van der Waals surface area contributed by atoms with Crippen molar-refractivity contribution in [3.8, 4) is 5.75 Å². The van der Waals surface area contributed by atoms with Crippen LogP contribution in [0.5, 0.6) is 5.75 Å². The number of allylic oxidation sites excluding steroid dienone is 4. The van der Waals surface area contributed by atoms with Crippen molar-refractivity contribution in [3.63, 3.8) is 0 Å². The second-order valence-electron chi connectivity index (χ2n) is 6.19. The maximum Gasteiger partial charge on any atom is 0.573 e. The van der Waals surface area contributed by atoms with Crippen LogP contribution in [0.4, 0.5) is 22.0 Å². The second kappa shape index (κ2) is 8.50. The summed E-state index contributed by atoms with van der Waals surface area (Å²) in [6.07, 6.45) is 7.28. The van der Waals surface area contributed by atoms with Crippen LogP contribution < -0.4 is 4.74 Å². The summed E-state index contributed by atoms with van der Waals surface area (Å²) in [6.45, 7) is 2.05. The van der Waals surface area contributed by atoms with Crippen LogP contribution in [0.1, 0.15) is 50.5 Å². The number of hydrogen-bond acceptors (Lipinski definition) is 1. The summed E-state index contributed by atoms with van der Waals surface area (Å²) in [5.74, 6) is -3.67. The molecule has 0 radical (unpaired) electrons. The van der Waals surface area contributed by atoms with Crippen molar-refractivity contribution >= 4 is 0 Å². The van der Waals surface area contributed by atoms with Crippen molar-refractivity contribution in [2.75, 3.05) is 0 Å². The van der Waals surface area contributed by atoms with E-state index in [2.05, 4.69) is 23.8 Å². The molecule has 2 rings (SSSR count). The lowest BCUT2D eigenvalue weighted by Crippen LogP contribution is -2.19. The molecule has 0 spiro atoms. The topological polar surface area (TPSA) is 9.23 Å². The largest absolute Gasteiger partial charge is 0.573 e. The minimum absolute atomic E-state index is 0.0558. The second-order valence-corrected chi connectivity index (χ2v) is 6.19. The average molecular weight is 360 g/mol. The van der Waals surface area contributed by atoms with E-state index < -0.39 is 23.7 Å². The highest BCUT2D eigenvalue weighted by Gasteiger charge is 2.34. The van der Waals surface area contributed by atoms with Crippen LogP contribution in [-0.2, 0) is 0 Å². The van der Waals surface area contributed by atoms with Crippen LogP contribution >= 0.6 is 0 Å². The van der Waals surface area contributed by atoms with Gasteiger partial charge in [-0.15, -0.1) is 13.2 Å². The Bertz CT molecular complexity index is 602. The molecule has 1 aliphatic carbocycles. The highest BCUT2D eigenvalue weighted by atomic mass is 19.4. The Morgan fingerprint density at radius 3 is 2.16 bits per heavy atom. The predicted molar refractivity (Wildman–Crippen MR) is 86.3 cm³/mol. The zero-order chi connectivity index (χ0) is 18.4. The highest BCUT2D eigenvalue weighted by Crippen LogP contribution is 2.39. The number of alkyl halides is 3. The number of hydrogen-bond donors (Lipinski definition) is 0. The Kier molecular flexibility index (Phi) is 6.62. The van der Waals surface area contributed by atoms with E-state index >= 15 is 0 Å². The van der Waals surface area contributed by atoms with Gasteiger partial charge in [0, 0.05) is 0 Å². The van der Waals surface area contributed by atoms with Crippen molar-refractivity contribution in [1.29, 1.82) is 0 Å².